The van der Waals surface area contributed by atoms with Crippen LogP contribution in [0.3, 0.4) is 0 Å². The second-order valence-corrected chi connectivity index (χ2v) is 8.09. The molecule has 2 N–H and O–H groups in total. The second-order valence-electron chi connectivity index (χ2n) is 6.31. The third-order valence-corrected chi connectivity index (χ3v) is 5.15. The van der Waals surface area contributed by atoms with E-state index in [1.165, 1.54) is 6.26 Å². The van der Waals surface area contributed by atoms with Crippen molar-refractivity contribution in [2.24, 2.45) is 5.92 Å². The van der Waals surface area contributed by atoms with Gasteiger partial charge in [-0.3, -0.25) is 9.78 Å². The van der Waals surface area contributed by atoms with E-state index in [-0.39, 0.29) is 17.9 Å². The van der Waals surface area contributed by atoms with Gasteiger partial charge in [0.1, 0.15) is 0 Å². The normalized spacial score (nSPS) is 21.0. The van der Waals surface area contributed by atoms with Gasteiger partial charge in [0.25, 0.3) is 5.91 Å². The SMILES string of the molecule is CS(=O)(=O)NC1CCCC1CNC(=O)c1ccc2ncccc2c1. The van der Waals surface area contributed by atoms with E-state index < -0.39 is 10.0 Å². The highest BCUT2D eigenvalue weighted by Gasteiger charge is 2.29. The van der Waals surface area contributed by atoms with Gasteiger partial charge < -0.3 is 5.32 Å². The first-order valence-corrected chi connectivity index (χ1v) is 9.92. The van der Waals surface area contributed by atoms with E-state index in [9.17, 15) is 13.2 Å². The lowest BCUT2D eigenvalue weighted by molar-refractivity contribution is 0.0946. The smallest absolute Gasteiger partial charge is 0.251 e. The topological polar surface area (TPSA) is 88.2 Å². The van der Waals surface area contributed by atoms with E-state index in [4.69, 9.17) is 0 Å². The zero-order chi connectivity index (χ0) is 17.2. The van der Waals surface area contributed by atoms with Gasteiger partial charge in [0.05, 0.1) is 11.8 Å². The van der Waals surface area contributed by atoms with Crippen molar-refractivity contribution in [2.75, 3.05) is 12.8 Å². The molecular formula is C17H21N3O3S. The number of carbonyl (C=O) groups is 1. The van der Waals surface area contributed by atoms with E-state index in [0.717, 1.165) is 30.2 Å². The Labute approximate surface area is 141 Å². The van der Waals surface area contributed by atoms with Crippen LogP contribution < -0.4 is 10.0 Å². The highest BCUT2D eigenvalue weighted by molar-refractivity contribution is 7.88. The van der Waals surface area contributed by atoms with Gasteiger partial charge in [0, 0.05) is 29.7 Å². The monoisotopic (exact) mass is 347 g/mol. The van der Waals surface area contributed by atoms with Crippen molar-refractivity contribution < 1.29 is 13.2 Å². The van der Waals surface area contributed by atoms with Crippen LogP contribution in [-0.4, -0.2) is 38.2 Å². The minimum atomic E-state index is -3.23. The fourth-order valence-electron chi connectivity index (χ4n) is 3.25. The maximum absolute atomic E-state index is 12.4. The number of aromatic nitrogens is 1. The summed E-state index contributed by atoms with van der Waals surface area (Å²) >= 11 is 0. The van der Waals surface area contributed by atoms with E-state index in [0.29, 0.717) is 12.1 Å². The van der Waals surface area contributed by atoms with Crippen molar-refractivity contribution in [3.63, 3.8) is 0 Å². The van der Waals surface area contributed by atoms with Crippen LogP contribution in [-0.2, 0) is 10.0 Å². The van der Waals surface area contributed by atoms with E-state index in [1.807, 2.05) is 24.3 Å². The van der Waals surface area contributed by atoms with Crippen LogP contribution in [0.4, 0.5) is 0 Å². The molecule has 2 aromatic rings. The minimum absolute atomic E-state index is 0.0962. The highest BCUT2D eigenvalue weighted by Crippen LogP contribution is 2.25. The predicted octanol–water partition coefficient (Wildman–Crippen LogP) is 1.68. The summed E-state index contributed by atoms with van der Waals surface area (Å²) < 4.78 is 25.5. The van der Waals surface area contributed by atoms with Gasteiger partial charge in [-0.05, 0) is 43.0 Å². The predicted molar refractivity (Wildman–Crippen MR) is 93.2 cm³/mol. The molecule has 1 aliphatic rings. The number of benzene rings is 1. The first-order valence-electron chi connectivity index (χ1n) is 8.03. The number of carbonyl (C=O) groups excluding carboxylic acids is 1. The second kappa shape index (κ2) is 6.86. The molecule has 1 aromatic heterocycles. The van der Waals surface area contributed by atoms with Crippen LogP contribution in [0.2, 0.25) is 0 Å². The number of hydrogen-bond donors (Lipinski definition) is 2. The van der Waals surface area contributed by atoms with Crippen molar-refractivity contribution in [2.45, 2.75) is 25.3 Å². The molecule has 1 saturated carbocycles. The van der Waals surface area contributed by atoms with Gasteiger partial charge in [-0.15, -0.1) is 0 Å². The number of amides is 1. The third-order valence-electron chi connectivity index (χ3n) is 4.41. The molecule has 1 aromatic carbocycles. The largest absolute Gasteiger partial charge is 0.352 e. The van der Waals surface area contributed by atoms with Crippen molar-refractivity contribution in [1.82, 2.24) is 15.0 Å². The summed E-state index contributed by atoms with van der Waals surface area (Å²) in [5, 5.41) is 3.85. The number of nitrogens with one attached hydrogen (secondary N) is 2. The van der Waals surface area contributed by atoms with Crippen LogP contribution in [0.15, 0.2) is 36.5 Å². The lowest BCUT2D eigenvalue weighted by atomic mass is 10.0. The quantitative estimate of drug-likeness (QED) is 0.861. The molecule has 24 heavy (non-hydrogen) atoms. The Morgan fingerprint density at radius 2 is 2.12 bits per heavy atom. The molecular weight excluding hydrogens is 326 g/mol. The van der Waals surface area contributed by atoms with Crippen LogP contribution in [0.1, 0.15) is 29.6 Å². The molecule has 6 nitrogen and oxygen atoms in total. The summed E-state index contributed by atoms with van der Waals surface area (Å²) in [5.74, 6) is -0.0171. The third kappa shape index (κ3) is 4.10. The molecule has 7 heteroatoms. The lowest BCUT2D eigenvalue weighted by Gasteiger charge is -2.20. The Hall–Kier alpha value is -1.99. The van der Waals surface area contributed by atoms with Gasteiger partial charge in [-0.25, -0.2) is 13.1 Å². The molecule has 0 saturated heterocycles. The van der Waals surface area contributed by atoms with Crippen LogP contribution in [0.5, 0.6) is 0 Å². The summed E-state index contributed by atoms with van der Waals surface area (Å²) in [6.45, 7) is 0.469. The number of fused-ring (bicyclic) bond motifs is 1. The Morgan fingerprint density at radius 3 is 2.92 bits per heavy atom. The number of sulfonamides is 1. The van der Waals surface area contributed by atoms with Gasteiger partial charge in [0.15, 0.2) is 0 Å². The maximum atomic E-state index is 12.4. The molecule has 2 unspecified atom stereocenters. The molecule has 128 valence electrons. The Morgan fingerprint density at radius 1 is 1.29 bits per heavy atom. The molecule has 1 heterocycles. The fraction of sp³-hybridized carbons (Fsp3) is 0.412. The number of nitrogens with zero attached hydrogens (tertiary/aromatic N) is 1. The zero-order valence-corrected chi connectivity index (χ0v) is 14.3. The Balaban J connectivity index is 1.63. The summed E-state index contributed by atoms with van der Waals surface area (Å²) in [5.41, 5.74) is 1.43. The van der Waals surface area contributed by atoms with Crippen LogP contribution >= 0.6 is 0 Å². The maximum Gasteiger partial charge on any atom is 0.251 e. The average molecular weight is 347 g/mol. The lowest BCUT2D eigenvalue weighted by Crippen LogP contribution is -2.41. The number of rotatable bonds is 5. The highest BCUT2D eigenvalue weighted by atomic mass is 32.2. The molecule has 1 aliphatic carbocycles. The number of hydrogen-bond acceptors (Lipinski definition) is 4. The molecule has 0 aliphatic heterocycles. The van der Waals surface area contributed by atoms with Crippen molar-refractivity contribution in [1.29, 1.82) is 0 Å². The molecule has 1 amide bonds. The molecule has 2 atom stereocenters. The summed E-state index contributed by atoms with van der Waals surface area (Å²) in [6, 6.07) is 9.06. The molecule has 0 spiro atoms. The Kier molecular flexibility index (Phi) is 4.82. The van der Waals surface area contributed by atoms with Gasteiger partial charge >= 0.3 is 0 Å². The van der Waals surface area contributed by atoms with Crippen LogP contribution in [0.25, 0.3) is 10.9 Å². The Bertz CT molecular complexity index is 851. The number of pyridine rings is 1. The van der Waals surface area contributed by atoms with E-state index in [2.05, 4.69) is 15.0 Å². The zero-order valence-electron chi connectivity index (χ0n) is 13.5. The molecule has 1 fully saturated rings. The minimum Gasteiger partial charge on any atom is -0.352 e. The van der Waals surface area contributed by atoms with E-state index in [1.54, 1.807) is 12.3 Å². The molecule has 3 rings (SSSR count). The summed E-state index contributed by atoms with van der Waals surface area (Å²) in [6.07, 6.45) is 5.58. The average Bonchev–Trinajstić information content (AvgIpc) is 2.97. The first-order chi connectivity index (χ1) is 11.4. The molecule has 0 bridgehead atoms. The van der Waals surface area contributed by atoms with Gasteiger partial charge in [-0.2, -0.15) is 0 Å². The van der Waals surface area contributed by atoms with Crippen molar-refractivity contribution in [3.8, 4) is 0 Å². The van der Waals surface area contributed by atoms with Gasteiger partial charge in [0.2, 0.25) is 10.0 Å². The van der Waals surface area contributed by atoms with E-state index >= 15 is 0 Å². The van der Waals surface area contributed by atoms with Crippen molar-refractivity contribution >= 4 is 26.8 Å². The molecule has 0 radical (unpaired) electrons. The fourth-order valence-corrected chi connectivity index (χ4v) is 4.11. The standard InChI is InChI=1S/C17H21N3O3S/c1-24(22,23)20-16-6-2-4-14(16)11-19-17(21)13-7-8-15-12(10-13)5-3-9-18-15/h3,5,7-10,14,16,20H,2,4,6,11H2,1H3,(H,19,21). The van der Waals surface area contributed by atoms with Crippen molar-refractivity contribution in [3.05, 3.63) is 42.1 Å². The first kappa shape index (κ1) is 16.9. The summed E-state index contributed by atoms with van der Waals surface area (Å²) in [4.78, 5) is 16.6. The summed E-state index contributed by atoms with van der Waals surface area (Å²) in [7, 11) is -3.23. The van der Waals surface area contributed by atoms with Crippen LogP contribution in [0, 0.1) is 5.92 Å². The van der Waals surface area contributed by atoms with Gasteiger partial charge in [-0.1, -0.05) is 12.5 Å².